The van der Waals surface area contributed by atoms with E-state index in [2.05, 4.69) is 60.6 Å². The van der Waals surface area contributed by atoms with Gasteiger partial charge in [-0.25, -0.2) is 0 Å². The molecule has 0 spiro atoms. The van der Waals surface area contributed by atoms with Gasteiger partial charge in [-0.1, -0.05) is 63.2 Å². The topological polar surface area (TPSA) is 20.3 Å². The number of benzene rings is 2. The Bertz CT molecular complexity index is 720. The van der Waals surface area contributed by atoms with Crippen LogP contribution in [0.1, 0.15) is 58.6 Å². The number of carbonyl (C=O) groups excluding carboxylic acids is 1. The number of hydrogen-bond acceptors (Lipinski definition) is 1. The van der Waals surface area contributed by atoms with Crippen molar-refractivity contribution in [1.29, 1.82) is 0 Å². The van der Waals surface area contributed by atoms with Gasteiger partial charge in [0, 0.05) is 11.2 Å². The number of amides is 1. The summed E-state index contributed by atoms with van der Waals surface area (Å²) < 4.78 is 0. The maximum Gasteiger partial charge on any atom is 0.235 e. The molecule has 2 aromatic carbocycles. The van der Waals surface area contributed by atoms with Gasteiger partial charge in [-0.2, -0.15) is 0 Å². The van der Waals surface area contributed by atoms with Gasteiger partial charge >= 0.3 is 0 Å². The highest BCUT2D eigenvalue weighted by atomic mass is 16.2. The fraction of sp³-hybridized carbons (Fsp3) is 0.435. The van der Waals surface area contributed by atoms with Crippen LogP contribution in [0.3, 0.4) is 0 Å². The third-order valence-electron chi connectivity index (χ3n) is 4.52. The Kier molecular flexibility index (Phi) is 5.41. The third-order valence-corrected chi connectivity index (χ3v) is 4.52. The molecule has 2 aromatic rings. The number of anilines is 1. The van der Waals surface area contributed by atoms with E-state index in [-0.39, 0.29) is 22.8 Å². The maximum atomic E-state index is 13.8. The summed E-state index contributed by atoms with van der Waals surface area (Å²) in [5.74, 6) is -0.0476. The van der Waals surface area contributed by atoms with Gasteiger partial charge in [-0.3, -0.25) is 4.79 Å². The second-order valence-corrected chi connectivity index (χ2v) is 8.84. The van der Waals surface area contributed by atoms with Crippen molar-refractivity contribution in [3.8, 4) is 0 Å². The molecular formula is C23H31NO. The molecule has 2 heteroatoms. The van der Waals surface area contributed by atoms with E-state index in [4.69, 9.17) is 0 Å². The van der Waals surface area contributed by atoms with Crippen molar-refractivity contribution >= 4 is 11.6 Å². The minimum Gasteiger partial charge on any atom is -0.307 e. The lowest BCUT2D eigenvalue weighted by molar-refractivity contribution is -0.123. The number of carbonyl (C=O) groups is 1. The van der Waals surface area contributed by atoms with Gasteiger partial charge in [-0.05, 0) is 56.4 Å². The Balaban J connectivity index is 2.60. The standard InChI is InChI=1S/C23H31NO/c1-17-13-11-12-16-19(17)20(22(2,3)4)21(25)24(23(5,6)7)18-14-9-8-10-15-18/h8-16,20H,1-7H3. The summed E-state index contributed by atoms with van der Waals surface area (Å²) in [6.45, 7) is 14.8. The number of hydrogen-bond donors (Lipinski definition) is 0. The average molecular weight is 338 g/mol. The Hall–Kier alpha value is -2.09. The molecule has 25 heavy (non-hydrogen) atoms. The molecule has 134 valence electrons. The number of nitrogens with zero attached hydrogens (tertiary/aromatic N) is 1. The monoisotopic (exact) mass is 337 g/mol. The molecule has 0 aliphatic carbocycles. The number of aryl methyl sites for hydroxylation is 1. The van der Waals surface area contributed by atoms with Crippen molar-refractivity contribution in [3.63, 3.8) is 0 Å². The van der Waals surface area contributed by atoms with E-state index in [1.165, 1.54) is 0 Å². The van der Waals surface area contributed by atoms with Crippen molar-refractivity contribution in [2.45, 2.75) is 59.9 Å². The van der Waals surface area contributed by atoms with E-state index in [1.54, 1.807) is 0 Å². The molecule has 1 unspecified atom stereocenters. The smallest absolute Gasteiger partial charge is 0.235 e. The zero-order chi connectivity index (χ0) is 18.8. The van der Waals surface area contributed by atoms with E-state index in [0.29, 0.717) is 0 Å². The van der Waals surface area contributed by atoms with Crippen LogP contribution in [0, 0.1) is 12.3 Å². The van der Waals surface area contributed by atoms with E-state index in [0.717, 1.165) is 16.8 Å². The molecule has 1 atom stereocenters. The minimum atomic E-state index is -0.301. The van der Waals surface area contributed by atoms with E-state index < -0.39 is 0 Å². The van der Waals surface area contributed by atoms with E-state index >= 15 is 0 Å². The summed E-state index contributed by atoms with van der Waals surface area (Å²) in [6, 6.07) is 18.2. The lowest BCUT2D eigenvalue weighted by atomic mass is 9.74. The third kappa shape index (κ3) is 4.31. The highest BCUT2D eigenvalue weighted by molar-refractivity contribution is 5.99. The maximum absolute atomic E-state index is 13.8. The van der Waals surface area contributed by atoms with Crippen molar-refractivity contribution in [1.82, 2.24) is 0 Å². The molecule has 0 fully saturated rings. The first-order chi connectivity index (χ1) is 11.5. The molecule has 2 nitrogen and oxygen atoms in total. The van der Waals surface area contributed by atoms with Gasteiger partial charge in [0.2, 0.25) is 5.91 Å². The molecule has 0 heterocycles. The fourth-order valence-corrected chi connectivity index (χ4v) is 3.43. The van der Waals surface area contributed by atoms with Crippen LogP contribution in [0.5, 0.6) is 0 Å². The largest absolute Gasteiger partial charge is 0.307 e. The van der Waals surface area contributed by atoms with Crippen LogP contribution in [0.25, 0.3) is 0 Å². The molecule has 0 saturated carbocycles. The summed E-state index contributed by atoms with van der Waals surface area (Å²) in [5.41, 5.74) is 2.75. The van der Waals surface area contributed by atoms with E-state index in [9.17, 15) is 4.79 Å². The molecule has 0 aliphatic rings. The van der Waals surface area contributed by atoms with Crippen molar-refractivity contribution in [2.75, 3.05) is 4.90 Å². The first kappa shape index (κ1) is 19.2. The predicted molar refractivity (Wildman–Crippen MR) is 107 cm³/mol. The van der Waals surface area contributed by atoms with Gasteiger partial charge in [0.05, 0.1) is 5.92 Å². The normalized spacial score (nSPS) is 13.4. The molecular weight excluding hydrogens is 306 g/mol. The van der Waals surface area contributed by atoms with Crippen LogP contribution in [0.15, 0.2) is 54.6 Å². The molecule has 1 amide bonds. The van der Waals surface area contributed by atoms with Gasteiger partial charge in [0.25, 0.3) is 0 Å². The first-order valence-corrected chi connectivity index (χ1v) is 8.98. The minimum absolute atomic E-state index is 0.153. The lowest BCUT2D eigenvalue weighted by Crippen LogP contribution is -2.50. The van der Waals surface area contributed by atoms with E-state index in [1.807, 2.05) is 47.4 Å². The molecule has 2 rings (SSSR count). The fourth-order valence-electron chi connectivity index (χ4n) is 3.43. The molecule has 0 radical (unpaired) electrons. The zero-order valence-corrected chi connectivity index (χ0v) is 16.6. The molecule has 0 aromatic heterocycles. The van der Waals surface area contributed by atoms with Gasteiger partial charge in [0.15, 0.2) is 0 Å². The summed E-state index contributed by atoms with van der Waals surface area (Å²) in [6.07, 6.45) is 0. The molecule has 0 saturated heterocycles. The second kappa shape index (κ2) is 7.03. The predicted octanol–water partition coefficient (Wildman–Crippen LogP) is 5.96. The Morgan fingerprint density at radius 3 is 1.84 bits per heavy atom. The Labute approximate surface area is 152 Å². The number of para-hydroxylation sites is 1. The Morgan fingerprint density at radius 1 is 0.840 bits per heavy atom. The first-order valence-electron chi connectivity index (χ1n) is 8.98. The van der Waals surface area contributed by atoms with Crippen LogP contribution in [0.2, 0.25) is 0 Å². The van der Waals surface area contributed by atoms with Crippen LogP contribution in [-0.2, 0) is 4.79 Å². The summed E-state index contributed by atoms with van der Waals surface area (Å²) in [5, 5.41) is 0. The molecule has 0 N–H and O–H groups in total. The van der Waals surface area contributed by atoms with Gasteiger partial charge in [0.1, 0.15) is 0 Å². The summed E-state index contributed by atoms with van der Waals surface area (Å²) in [7, 11) is 0. The average Bonchev–Trinajstić information content (AvgIpc) is 2.48. The van der Waals surface area contributed by atoms with Crippen LogP contribution >= 0.6 is 0 Å². The van der Waals surface area contributed by atoms with Crippen molar-refractivity contribution < 1.29 is 4.79 Å². The van der Waals surface area contributed by atoms with Crippen LogP contribution < -0.4 is 4.90 Å². The van der Waals surface area contributed by atoms with Gasteiger partial charge in [-0.15, -0.1) is 0 Å². The number of rotatable bonds is 3. The van der Waals surface area contributed by atoms with Crippen molar-refractivity contribution in [3.05, 3.63) is 65.7 Å². The summed E-state index contributed by atoms with van der Waals surface area (Å²) >= 11 is 0. The zero-order valence-electron chi connectivity index (χ0n) is 16.6. The van der Waals surface area contributed by atoms with Crippen LogP contribution in [0.4, 0.5) is 5.69 Å². The van der Waals surface area contributed by atoms with Gasteiger partial charge < -0.3 is 4.90 Å². The Morgan fingerprint density at radius 2 is 1.36 bits per heavy atom. The highest BCUT2D eigenvalue weighted by Crippen LogP contribution is 2.40. The quantitative estimate of drug-likeness (QED) is 0.677. The molecule has 0 aliphatic heterocycles. The van der Waals surface area contributed by atoms with Crippen molar-refractivity contribution in [2.24, 2.45) is 5.41 Å². The highest BCUT2D eigenvalue weighted by Gasteiger charge is 2.40. The molecule has 0 bridgehead atoms. The second-order valence-electron chi connectivity index (χ2n) is 8.84. The SMILES string of the molecule is Cc1ccccc1C(C(=O)N(c1ccccc1)C(C)(C)C)C(C)(C)C. The lowest BCUT2D eigenvalue weighted by Gasteiger charge is -2.42. The van der Waals surface area contributed by atoms with Crippen LogP contribution in [-0.4, -0.2) is 11.4 Å². The summed E-state index contributed by atoms with van der Waals surface area (Å²) in [4.78, 5) is 15.8.